The third-order valence-electron chi connectivity index (χ3n) is 1.25. The van der Waals surface area contributed by atoms with E-state index in [9.17, 15) is 0 Å². The van der Waals surface area contributed by atoms with E-state index in [1.165, 1.54) is 0 Å². The van der Waals surface area contributed by atoms with E-state index in [0.717, 1.165) is 29.6 Å². The van der Waals surface area contributed by atoms with E-state index in [0.29, 0.717) is 0 Å². The zero-order valence-corrected chi connectivity index (χ0v) is 7.52. The van der Waals surface area contributed by atoms with Crippen molar-refractivity contribution in [2.24, 2.45) is 0 Å². The highest BCUT2D eigenvalue weighted by atomic mass is 79.9. The first-order chi connectivity index (χ1) is 4.86. The maximum atomic E-state index is 4.97. The Balaban J connectivity index is 2.59. The van der Waals surface area contributed by atoms with Crippen molar-refractivity contribution in [3.8, 4) is 0 Å². The van der Waals surface area contributed by atoms with Crippen LogP contribution < -0.4 is 0 Å². The van der Waals surface area contributed by atoms with Gasteiger partial charge in [0.25, 0.3) is 0 Å². The molecule has 0 N–H and O–H groups in total. The van der Waals surface area contributed by atoms with Gasteiger partial charge in [0, 0.05) is 6.07 Å². The number of rotatable bonds is 3. The molecule has 0 saturated heterocycles. The highest BCUT2D eigenvalue weighted by molar-refractivity contribution is 9.08. The van der Waals surface area contributed by atoms with Gasteiger partial charge >= 0.3 is 0 Å². The number of nitrogens with zero attached hydrogens (tertiary/aromatic N) is 1. The molecule has 2 nitrogen and oxygen atoms in total. The van der Waals surface area contributed by atoms with E-state index < -0.39 is 0 Å². The Labute approximate surface area is 68.7 Å². The zero-order chi connectivity index (χ0) is 7.40. The van der Waals surface area contributed by atoms with Crippen molar-refractivity contribution in [1.82, 2.24) is 5.16 Å². The van der Waals surface area contributed by atoms with Crippen LogP contribution in [0.1, 0.15) is 24.8 Å². The minimum Gasteiger partial charge on any atom is -0.360 e. The van der Waals surface area contributed by atoms with Crippen LogP contribution in [0.5, 0.6) is 0 Å². The average molecular weight is 204 g/mol. The molecule has 56 valence electrons. The average Bonchev–Trinajstić information content (AvgIpc) is 2.37. The normalized spacial score (nSPS) is 10.2. The van der Waals surface area contributed by atoms with Gasteiger partial charge in [-0.1, -0.05) is 34.4 Å². The van der Waals surface area contributed by atoms with Crippen LogP contribution in [0.4, 0.5) is 0 Å². The summed E-state index contributed by atoms with van der Waals surface area (Å²) in [7, 11) is 0. The summed E-state index contributed by atoms with van der Waals surface area (Å²) in [4.78, 5) is 0. The van der Waals surface area contributed by atoms with Gasteiger partial charge in [-0.25, -0.2) is 0 Å². The van der Waals surface area contributed by atoms with Gasteiger partial charge in [-0.3, -0.25) is 0 Å². The molecule has 0 aromatic carbocycles. The summed E-state index contributed by atoms with van der Waals surface area (Å²) in [5.74, 6) is 0.906. The molecule has 0 saturated carbocycles. The van der Waals surface area contributed by atoms with E-state index >= 15 is 0 Å². The fourth-order valence-corrected chi connectivity index (χ4v) is 1.06. The highest BCUT2D eigenvalue weighted by Gasteiger charge is 1.99. The number of aryl methyl sites for hydroxylation is 1. The Morgan fingerprint density at radius 2 is 2.50 bits per heavy atom. The SMILES string of the molecule is CCCc1cc(CBr)on1. The number of halogens is 1. The number of hydrogen-bond acceptors (Lipinski definition) is 2. The summed E-state index contributed by atoms with van der Waals surface area (Å²) in [5.41, 5.74) is 1.05. The molecule has 0 aliphatic carbocycles. The Kier molecular flexibility index (Phi) is 2.93. The highest BCUT2D eigenvalue weighted by Crippen LogP contribution is 2.08. The van der Waals surface area contributed by atoms with Crippen LogP contribution in [0.2, 0.25) is 0 Å². The predicted octanol–water partition coefficient (Wildman–Crippen LogP) is 2.52. The summed E-state index contributed by atoms with van der Waals surface area (Å²) < 4.78 is 4.97. The lowest BCUT2D eigenvalue weighted by Gasteiger charge is -1.83. The van der Waals surface area contributed by atoms with Gasteiger partial charge in [0.05, 0.1) is 11.0 Å². The minimum atomic E-state index is 0.754. The first-order valence-corrected chi connectivity index (χ1v) is 4.49. The van der Waals surface area contributed by atoms with Gasteiger partial charge in [-0.2, -0.15) is 0 Å². The quantitative estimate of drug-likeness (QED) is 0.707. The summed E-state index contributed by atoms with van der Waals surface area (Å²) in [6, 6.07) is 1.98. The Morgan fingerprint density at radius 1 is 1.70 bits per heavy atom. The van der Waals surface area contributed by atoms with Crippen molar-refractivity contribution in [3.05, 3.63) is 17.5 Å². The van der Waals surface area contributed by atoms with Gasteiger partial charge in [-0.05, 0) is 6.42 Å². The predicted molar refractivity (Wildman–Crippen MR) is 43.1 cm³/mol. The Hall–Kier alpha value is -0.310. The van der Waals surface area contributed by atoms with Crippen molar-refractivity contribution in [2.45, 2.75) is 25.1 Å². The van der Waals surface area contributed by atoms with Crippen LogP contribution in [0.25, 0.3) is 0 Å². The fraction of sp³-hybridized carbons (Fsp3) is 0.571. The Morgan fingerprint density at radius 3 is 3.00 bits per heavy atom. The summed E-state index contributed by atoms with van der Waals surface area (Å²) >= 11 is 3.29. The van der Waals surface area contributed by atoms with Crippen LogP contribution in [0.3, 0.4) is 0 Å². The van der Waals surface area contributed by atoms with Crippen molar-refractivity contribution in [1.29, 1.82) is 0 Å². The smallest absolute Gasteiger partial charge is 0.147 e. The lowest BCUT2D eigenvalue weighted by molar-refractivity contribution is 0.388. The second kappa shape index (κ2) is 3.76. The molecule has 1 rings (SSSR count). The van der Waals surface area contributed by atoms with Crippen LogP contribution in [-0.2, 0) is 11.8 Å². The lowest BCUT2D eigenvalue weighted by atomic mass is 10.2. The van der Waals surface area contributed by atoms with Gasteiger partial charge in [0.15, 0.2) is 0 Å². The maximum absolute atomic E-state index is 4.97. The van der Waals surface area contributed by atoms with E-state index in [-0.39, 0.29) is 0 Å². The first kappa shape index (κ1) is 7.79. The summed E-state index contributed by atoms with van der Waals surface area (Å²) in [6.45, 7) is 2.13. The molecule has 0 atom stereocenters. The molecule has 0 aliphatic rings. The molecular weight excluding hydrogens is 194 g/mol. The topological polar surface area (TPSA) is 26.0 Å². The second-order valence-electron chi connectivity index (χ2n) is 2.17. The number of aromatic nitrogens is 1. The van der Waals surface area contributed by atoms with Crippen molar-refractivity contribution in [3.63, 3.8) is 0 Å². The van der Waals surface area contributed by atoms with E-state index in [1.54, 1.807) is 0 Å². The molecule has 10 heavy (non-hydrogen) atoms. The zero-order valence-electron chi connectivity index (χ0n) is 5.93. The number of alkyl halides is 1. The van der Waals surface area contributed by atoms with Crippen LogP contribution in [-0.4, -0.2) is 5.16 Å². The van der Waals surface area contributed by atoms with Crippen LogP contribution >= 0.6 is 15.9 Å². The molecule has 3 heteroatoms. The third kappa shape index (κ3) is 1.84. The molecule has 0 amide bonds. The lowest BCUT2D eigenvalue weighted by Crippen LogP contribution is -1.79. The van der Waals surface area contributed by atoms with E-state index in [1.807, 2.05) is 6.07 Å². The van der Waals surface area contributed by atoms with E-state index in [2.05, 4.69) is 28.0 Å². The van der Waals surface area contributed by atoms with Gasteiger partial charge in [0.1, 0.15) is 5.76 Å². The molecule has 0 unspecified atom stereocenters. The maximum Gasteiger partial charge on any atom is 0.147 e. The van der Waals surface area contributed by atoms with Crippen LogP contribution in [0.15, 0.2) is 10.6 Å². The monoisotopic (exact) mass is 203 g/mol. The fourth-order valence-electron chi connectivity index (χ4n) is 0.793. The third-order valence-corrected chi connectivity index (χ3v) is 1.80. The van der Waals surface area contributed by atoms with E-state index in [4.69, 9.17) is 4.52 Å². The van der Waals surface area contributed by atoms with Crippen molar-refractivity contribution >= 4 is 15.9 Å². The summed E-state index contributed by atoms with van der Waals surface area (Å²) in [5, 5.41) is 4.63. The van der Waals surface area contributed by atoms with Gasteiger partial charge < -0.3 is 4.52 Å². The first-order valence-electron chi connectivity index (χ1n) is 3.37. The Bertz CT molecular complexity index is 197. The molecule has 1 heterocycles. The van der Waals surface area contributed by atoms with Gasteiger partial charge in [-0.15, -0.1) is 0 Å². The second-order valence-corrected chi connectivity index (χ2v) is 2.73. The van der Waals surface area contributed by atoms with Gasteiger partial charge in [0.2, 0.25) is 0 Å². The molecule has 0 radical (unpaired) electrons. The number of hydrogen-bond donors (Lipinski definition) is 0. The van der Waals surface area contributed by atoms with Crippen molar-refractivity contribution < 1.29 is 4.52 Å². The molecular formula is C7H10BrNO. The summed E-state index contributed by atoms with van der Waals surface area (Å²) in [6.07, 6.45) is 2.13. The standard InChI is InChI=1S/C7H10BrNO/c1-2-3-6-4-7(5-8)10-9-6/h4H,2-3,5H2,1H3. The largest absolute Gasteiger partial charge is 0.360 e. The van der Waals surface area contributed by atoms with Crippen LogP contribution in [0, 0.1) is 0 Å². The molecule has 0 bridgehead atoms. The molecule has 0 aliphatic heterocycles. The molecule has 0 fully saturated rings. The van der Waals surface area contributed by atoms with Crippen molar-refractivity contribution in [2.75, 3.05) is 0 Å². The molecule has 0 spiro atoms. The molecule has 1 aromatic heterocycles. The minimum absolute atomic E-state index is 0.754. The molecule has 1 aromatic rings.